The molecule has 0 amide bonds. The molecule has 0 atom stereocenters. The molecule has 0 spiro atoms. The van der Waals surface area contributed by atoms with Crippen LogP contribution in [0.4, 0.5) is 8.78 Å². The van der Waals surface area contributed by atoms with Crippen molar-refractivity contribution in [3.05, 3.63) is 34.6 Å². The van der Waals surface area contributed by atoms with Gasteiger partial charge in [0.2, 0.25) is 5.92 Å². The molecule has 1 saturated carbocycles. The number of fused-ring (bicyclic) bond motifs is 1. The average molecular weight is 341 g/mol. The minimum Gasteiger partial charge on any atom is -0.338 e. The molecule has 20 heavy (non-hydrogen) atoms. The molecule has 1 aliphatic rings. The van der Waals surface area contributed by atoms with Crippen LogP contribution in [0.3, 0.4) is 0 Å². The van der Waals surface area contributed by atoms with Gasteiger partial charge >= 0.3 is 0 Å². The van der Waals surface area contributed by atoms with E-state index in [1.54, 1.807) is 0 Å². The van der Waals surface area contributed by atoms with Crippen molar-refractivity contribution in [2.24, 2.45) is 5.92 Å². The Morgan fingerprint density at radius 3 is 2.80 bits per heavy atom. The van der Waals surface area contributed by atoms with Crippen LogP contribution in [0.1, 0.15) is 31.5 Å². The quantitative estimate of drug-likeness (QED) is 0.803. The molecule has 2 aromatic rings. The van der Waals surface area contributed by atoms with Gasteiger partial charge < -0.3 is 4.98 Å². The number of hydrogen-bond acceptors (Lipinski definition) is 1. The Kier molecular flexibility index (Phi) is 3.63. The van der Waals surface area contributed by atoms with Crippen LogP contribution in [-0.4, -0.2) is 15.9 Å². The van der Waals surface area contributed by atoms with Crippen molar-refractivity contribution >= 4 is 33.0 Å². The van der Waals surface area contributed by atoms with E-state index in [0.29, 0.717) is 12.8 Å². The minimum atomic E-state index is -2.46. The molecule has 2 nitrogen and oxygen atoms in total. The fourth-order valence-electron chi connectivity index (χ4n) is 2.56. The molecule has 5 heteroatoms. The number of benzene rings is 1. The Labute approximate surface area is 124 Å². The van der Waals surface area contributed by atoms with E-state index in [1.165, 1.54) is 0 Å². The van der Waals surface area contributed by atoms with E-state index in [4.69, 9.17) is 0 Å². The Morgan fingerprint density at radius 1 is 1.30 bits per heavy atom. The van der Waals surface area contributed by atoms with Crippen LogP contribution in [0.15, 0.2) is 28.7 Å². The molecule has 1 aromatic heterocycles. The SMILES string of the molecule is FC1(F)CCC(/C=C/c2nc3cc(Br)ccc3[nH]2)CC1. The summed E-state index contributed by atoms with van der Waals surface area (Å²) in [4.78, 5) is 7.68. The molecule has 0 aliphatic heterocycles. The van der Waals surface area contributed by atoms with Gasteiger partial charge in [-0.2, -0.15) is 0 Å². The van der Waals surface area contributed by atoms with E-state index in [1.807, 2.05) is 30.4 Å². The molecule has 1 aliphatic carbocycles. The summed E-state index contributed by atoms with van der Waals surface area (Å²) in [5.74, 6) is -1.46. The second-order valence-electron chi connectivity index (χ2n) is 5.34. The van der Waals surface area contributed by atoms with E-state index in [9.17, 15) is 8.78 Å². The van der Waals surface area contributed by atoms with E-state index in [2.05, 4.69) is 25.9 Å². The van der Waals surface area contributed by atoms with Crippen LogP contribution in [0.5, 0.6) is 0 Å². The van der Waals surface area contributed by atoms with Crippen molar-refractivity contribution < 1.29 is 8.78 Å². The highest BCUT2D eigenvalue weighted by molar-refractivity contribution is 9.10. The summed E-state index contributed by atoms with van der Waals surface area (Å²) in [6, 6.07) is 5.87. The van der Waals surface area contributed by atoms with Crippen molar-refractivity contribution in [1.29, 1.82) is 0 Å². The average Bonchev–Trinajstić information content (AvgIpc) is 2.79. The van der Waals surface area contributed by atoms with Gasteiger partial charge in [-0.15, -0.1) is 0 Å². The summed E-state index contributed by atoms with van der Waals surface area (Å²) in [7, 11) is 0. The Bertz CT molecular complexity index is 638. The number of hydrogen-bond donors (Lipinski definition) is 1. The lowest BCUT2D eigenvalue weighted by molar-refractivity contribution is -0.0410. The lowest BCUT2D eigenvalue weighted by atomic mass is 9.86. The van der Waals surface area contributed by atoms with Crippen LogP contribution >= 0.6 is 15.9 Å². The van der Waals surface area contributed by atoms with Crippen LogP contribution in [0, 0.1) is 5.92 Å². The first-order valence-electron chi connectivity index (χ1n) is 6.73. The van der Waals surface area contributed by atoms with Crippen molar-refractivity contribution in [3.63, 3.8) is 0 Å². The molecule has 1 N–H and O–H groups in total. The predicted molar refractivity (Wildman–Crippen MR) is 79.7 cm³/mol. The molecule has 0 unspecified atom stereocenters. The van der Waals surface area contributed by atoms with Gasteiger partial charge in [-0.3, -0.25) is 0 Å². The highest BCUT2D eigenvalue weighted by Gasteiger charge is 2.33. The maximum Gasteiger partial charge on any atom is 0.248 e. The van der Waals surface area contributed by atoms with E-state index < -0.39 is 5.92 Å². The monoisotopic (exact) mass is 340 g/mol. The molecule has 1 heterocycles. The molecule has 0 radical (unpaired) electrons. The topological polar surface area (TPSA) is 28.7 Å². The molecular formula is C15H15BrF2N2. The summed E-state index contributed by atoms with van der Waals surface area (Å²) in [5, 5.41) is 0. The van der Waals surface area contributed by atoms with Crippen LogP contribution < -0.4 is 0 Å². The summed E-state index contributed by atoms with van der Waals surface area (Å²) in [6.45, 7) is 0. The maximum atomic E-state index is 13.1. The van der Waals surface area contributed by atoms with Gasteiger partial charge in [0, 0.05) is 17.3 Å². The smallest absolute Gasteiger partial charge is 0.248 e. The second-order valence-corrected chi connectivity index (χ2v) is 6.25. The second kappa shape index (κ2) is 5.28. The van der Waals surface area contributed by atoms with Crippen LogP contribution in [0.2, 0.25) is 0 Å². The number of H-pyrrole nitrogens is 1. The summed E-state index contributed by atoms with van der Waals surface area (Å²) < 4.78 is 27.1. The number of aromatic amines is 1. The van der Waals surface area contributed by atoms with Crippen molar-refractivity contribution in [1.82, 2.24) is 9.97 Å². The number of alkyl halides is 2. The summed E-state index contributed by atoms with van der Waals surface area (Å²) in [5.41, 5.74) is 1.87. The van der Waals surface area contributed by atoms with Crippen LogP contribution in [0.25, 0.3) is 17.1 Å². The fraction of sp³-hybridized carbons (Fsp3) is 0.400. The summed E-state index contributed by atoms with van der Waals surface area (Å²) in [6.07, 6.45) is 5.00. The summed E-state index contributed by atoms with van der Waals surface area (Å²) >= 11 is 3.41. The van der Waals surface area contributed by atoms with Gasteiger partial charge in [0.1, 0.15) is 5.82 Å². The molecule has 1 fully saturated rings. The normalized spacial score (nSPS) is 19.9. The minimum absolute atomic E-state index is 0.00488. The number of aromatic nitrogens is 2. The van der Waals surface area contributed by atoms with Crippen molar-refractivity contribution in [2.45, 2.75) is 31.6 Å². The zero-order chi connectivity index (χ0) is 14.2. The third kappa shape index (κ3) is 3.08. The van der Waals surface area contributed by atoms with Gasteiger partial charge in [0.25, 0.3) is 0 Å². The first-order chi connectivity index (χ1) is 9.52. The highest BCUT2D eigenvalue weighted by Crippen LogP contribution is 2.36. The Hall–Kier alpha value is -1.23. The highest BCUT2D eigenvalue weighted by atomic mass is 79.9. The number of nitrogens with zero attached hydrogens (tertiary/aromatic N) is 1. The molecular weight excluding hydrogens is 326 g/mol. The molecule has 0 bridgehead atoms. The first-order valence-corrected chi connectivity index (χ1v) is 7.52. The third-order valence-electron chi connectivity index (χ3n) is 3.75. The molecule has 0 saturated heterocycles. The number of halogens is 3. The van der Waals surface area contributed by atoms with Crippen molar-refractivity contribution in [2.75, 3.05) is 0 Å². The fourth-order valence-corrected chi connectivity index (χ4v) is 2.91. The Balaban J connectivity index is 1.71. The first kappa shape index (κ1) is 13.7. The molecule has 1 aromatic carbocycles. The van der Waals surface area contributed by atoms with E-state index in [-0.39, 0.29) is 18.8 Å². The predicted octanol–water partition coefficient (Wildman–Crippen LogP) is 5.16. The van der Waals surface area contributed by atoms with Gasteiger partial charge in [0.15, 0.2) is 0 Å². The van der Waals surface area contributed by atoms with Gasteiger partial charge in [-0.05, 0) is 43.0 Å². The van der Waals surface area contributed by atoms with Crippen molar-refractivity contribution in [3.8, 4) is 0 Å². The molecule has 106 valence electrons. The Morgan fingerprint density at radius 2 is 2.05 bits per heavy atom. The van der Waals surface area contributed by atoms with E-state index >= 15 is 0 Å². The lowest BCUT2D eigenvalue weighted by Gasteiger charge is -2.26. The van der Waals surface area contributed by atoms with Gasteiger partial charge in [0.05, 0.1) is 11.0 Å². The maximum absolute atomic E-state index is 13.1. The number of imidazole rings is 1. The lowest BCUT2D eigenvalue weighted by Crippen LogP contribution is -2.23. The zero-order valence-electron chi connectivity index (χ0n) is 10.9. The number of rotatable bonds is 2. The number of nitrogens with one attached hydrogen (secondary N) is 1. The van der Waals surface area contributed by atoms with Crippen LogP contribution in [-0.2, 0) is 0 Å². The third-order valence-corrected chi connectivity index (χ3v) is 4.24. The standard InChI is InChI=1S/C15H15BrF2N2/c16-11-2-3-12-13(9-11)20-14(19-12)4-1-10-5-7-15(17,18)8-6-10/h1-4,9-10H,5-8H2,(H,19,20)/b4-1+. The number of allylic oxidation sites excluding steroid dienone is 1. The van der Waals surface area contributed by atoms with Gasteiger partial charge in [-0.25, -0.2) is 13.8 Å². The van der Waals surface area contributed by atoms with Gasteiger partial charge in [-0.1, -0.05) is 22.0 Å². The van der Waals surface area contributed by atoms with E-state index in [0.717, 1.165) is 21.3 Å². The zero-order valence-corrected chi connectivity index (χ0v) is 12.5. The largest absolute Gasteiger partial charge is 0.338 e. The molecule has 3 rings (SSSR count).